The van der Waals surface area contributed by atoms with Crippen molar-refractivity contribution in [3.63, 3.8) is 0 Å². The van der Waals surface area contributed by atoms with E-state index in [1.807, 2.05) is 10.6 Å². The van der Waals surface area contributed by atoms with Crippen LogP contribution in [-0.4, -0.2) is 10.1 Å². The van der Waals surface area contributed by atoms with Crippen molar-refractivity contribution in [2.24, 2.45) is 0 Å². The maximum absolute atomic E-state index is 12.9. The van der Waals surface area contributed by atoms with Crippen molar-refractivity contribution in [3.05, 3.63) is 53.9 Å². The Bertz CT molecular complexity index is 453. The molecule has 0 spiro atoms. The zero-order valence-electron chi connectivity index (χ0n) is 8.15. The van der Waals surface area contributed by atoms with Crippen LogP contribution in [0.2, 0.25) is 0 Å². The predicted octanol–water partition coefficient (Wildman–Crippen LogP) is 0.982. The molecule has 0 amide bonds. The minimum absolute atomic E-state index is 0.0290. The fourth-order valence-corrected chi connectivity index (χ4v) is 1.50. The molecule has 2 rings (SSSR count). The molecule has 0 saturated carbocycles. The molecule has 0 aliphatic rings. The van der Waals surface area contributed by atoms with E-state index in [4.69, 9.17) is 5.11 Å². The summed E-state index contributed by atoms with van der Waals surface area (Å²) < 4.78 is 14.8. The number of rotatable bonds is 3. The highest BCUT2D eigenvalue weighted by Gasteiger charge is 2.08. The van der Waals surface area contributed by atoms with Crippen molar-refractivity contribution in [1.82, 2.24) is 4.98 Å². The van der Waals surface area contributed by atoms with Crippen LogP contribution in [0, 0.1) is 5.82 Å². The molecule has 0 fully saturated rings. The smallest absolute Gasteiger partial charge is 0.242 e. The van der Waals surface area contributed by atoms with Crippen molar-refractivity contribution in [2.75, 3.05) is 0 Å². The van der Waals surface area contributed by atoms with E-state index in [0.29, 0.717) is 6.54 Å². The summed E-state index contributed by atoms with van der Waals surface area (Å²) in [7, 11) is 0. The quantitative estimate of drug-likeness (QED) is 0.724. The topological polar surface area (TPSA) is 39.9 Å². The van der Waals surface area contributed by atoms with Gasteiger partial charge < -0.3 is 5.11 Å². The van der Waals surface area contributed by atoms with Crippen LogP contribution in [0.25, 0.3) is 0 Å². The highest BCUT2D eigenvalue weighted by molar-refractivity contribution is 5.15. The van der Waals surface area contributed by atoms with Gasteiger partial charge in [-0.3, -0.25) is 0 Å². The van der Waals surface area contributed by atoms with E-state index >= 15 is 0 Å². The van der Waals surface area contributed by atoms with Crippen LogP contribution in [-0.2, 0) is 13.2 Å². The highest BCUT2D eigenvalue weighted by Crippen LogP contribution is 2.03. The van der Waals surface area contributed by atoms with Crippen LogP contribution in [0.4, 0.5) is 4.39 Å². The van der Waals surface area contributed by atoms with Crippen molar-refractivity contribution >= 4 is 0 Å². The Morgan fingerprint density at radius 1 is 1.40 bits per heavy atom. The summed E-state index contributed by atoms with van der Waals surface area (Å²) in [5.41, 5.74) is 1.65. The van der Waals surface area contributed by atoms with Crippen LogP contribution in [0.5, 0.6) is 0 Å². The molecule has 0 atom stereocenters. The molecule has 0 unspecified atom stereocenters. The van der Waals surface area contributed by atoms with Crippen molar-refractivity contribution in [3.8, 4) is 0 Å². The second-order valence-electron chi connectivity index (χ2n) is 3.35. The third kappa shape index (κ3) is 2.22. The number of aromatic nitrogens is 2. The van der Waals surface area contributed by atoms with Crippen molar-refractivity contribution in [2.45, 2.75) is 13.2 Å². The number of aromatic amines is 1. The number of hydrogen-bond acceptors (Lipinski definition) is 1. The summed E-state index contributed by atoms with van der Waals surface area (Å²) in [5.74, 6) is -0.241. The molecular weight excluding hydrogens is 195 g/mol. The number of nitrogens with one attached hydrogen (secondary N) is 1. The van der Waals surface area contributed by atoms with Gasteiger partial charge in [-0.15, -0.1) is 0 Å². The van der Waals surface area contributed by atoms with Gasteiger partial charge >= 0.3 is 0 Å². The maximum atomic E-state index is 12.9. The highest BCUT2D eigenvalue weighted by atomic mass is 19.1. The first-order valence-corrected chi connectivity index (χ1v) is 4.70. The summed E-state index contributed by atoms with van der Waals surface area (Å²) in [4.78, 5) is 2.89. The van der Waals surface area contributed by atoms with Gasteiger partial charge in [0.2, 0.25) is 6.33 Å². The molecule has 0 aliphatic heterocycles. The van der Waals surface area contributed by atoms with E-state index in [9.17, 15) is 4.39 Å². The third-order valence-corrected chi connectivity index (χ3v) is 2.25. The molecule has 3 nitrogen and oxygen atoms in total. The van der Waals surface area contributed by atoms with Gasteiger partial charge in [-0.2, -0.15) is 0 Å². The number of aliphatic hydroxyl groups is 1. The fourth-order valence-electron chi connectivity index (χ4n) is 1.50. The van der Waals surface area contributed by atoms with Crippen LogP contribution in [0.1, 0.15) is 11.3 Å². The predicted molar refractivity (Wildman–Crippen MR) is 52.4 cm³/mol. The Morgan fingerprint density at radius 2 is 2.27 bits per heavy atom. The van der Waals surface area contributed by atoms with Gasteiger partial charge in [0.25, 0.3) is 0 Å². The van der Waals surface area contributed by atoms with Crippen LogP contribution >= 0.6 is 0 Å². The van der Waals surface area contributed by atoms with Gasteiger partial charge in [-0.05, 0) is 17.7 Å². The van der Waals surface area contributed by atoms with E-state index < -0.39 is 0 Å². The van der Waals surface area contributed by atoms with Crippen LogP contribution < -0.4 is 4.57 Å². The minimum atomic E-state index is -0.241. The van der Waals surface area contributed by atoms with Gasteiger partial charge in [-0.1, -0.05) is 12.1 Å². The lowest BCUT2D eigenvalue weighted by atomic mass is 10.2. The number of H-pyrrole nitrogens is 1. The second-order valence-corrected chi connectivity index (χ2v) is 3.35. The lowest BCUT2D eigenvalue weighted by Crippen LogP contribution is -2.36. The summed E-state index contributed by atoms with van der Waals surface area (Å²) in [6.45, 7) is 0.524. The molecule has 2 aromatic rings. The standard InChI is InChI=1S/C11H11FN2O/c12-10-3-1-2-9(4-10)6-14-8-13-5-11(14)7-15/h1-5,8,15H,6-7H2/p+1. The van der Waals surface area contributed by atoms with Gasteiger partial charge in [0.1, 0.15) is 25.2 Å². The fraction of sp³-hybridized carbons (Fsp3) is 0.182. The largest absolute Gasteiger partial charge is 0.388 e. The molecule has 15 heavy (non-hydrogen) atoms. The zero-order chi connectivity index (χ0) is 10.7. The maximum Gasteiger partial charge on any atom is 0.242 e. The summed E-state index contributed by atoms with van der Waals surface area (Å²) in [6.07, 6.45) is 3.47. The Hall–Kier alpha value is -1.68. The summed E-state index contributed by atoms with van der Waals surface area (Å²) in [5, 5.41) is 9.03. The van der Waals surface area contributed by atoms with E-state index in [-0.39, 0.29) is 12.4 Å². The molecule has 78 valence electrons. The SMILES string of the molecule is OCc1c[nH]c[n+]1Cc1cccc(F)c1. The molecule has 2 N–H and O–H groups in total. The van der Waals surface area contributed by atoms with E-state index in [0.717, 1.165) is 11.3 Å². The van der Waals surface area contributed by atoms with Crippen molar-refractivity contribution < 1.29 is 14.1 Å². The second kappa shape index (κ2) is 4.23. The summed E-state index contributed by atoms with van der Waals surface area (Å²) >= 11 is 0. The van der Waals surface area contributed by atoms with Gasteiger partial charge in [0.15, 0.2) is 5.69 Å². The first-order chi connectivity index (χ1) is 7.29. The average Bonchev–Trinajstić information content (AvgIpc) is 2.65. The molecule has 0 aliphatic carbocycles. The summed E-state index contributed by atoms with van der Waals surface area (Å²) in [6, 6.07) is 6.43. The number of aliphatic hydroxyl groups excluding tert-OH is 1. The van der Waals surface area contributed by atoms with Crippen molar-refractivity contribution in [1.29, 1.82) is 0 Å². The number of imidazole rings is 1. The normalized spacial score (nSPS) is 10.5. The van der Waals surface area contributed by atoms with Crippen LogP contribution in [0.15, 0.2) is 36.8 Å². The van der Waals surface area contributed by atoms with E-state index in [1.165, 1.54) is 12.1 Å². The third-order valence-electron chi connectivity index (χ3n) is 2.25. The number of halogens is 1. The number of hydrogen-bond donors (Lipinski definition) is 2. The first kappa shape index (κ1) is 9.86. The van der Waals surface area contributed by atoms with Crippen LogP contribution in [0.3, 0.4) is 0 Å². The molecule has 1 heterocycles. The minimum Gasteiger partial charge on any atom is -0.388 e. The Balaban J connectivity index is 2.22. The van der Waals surface area contributed by atoms with Gasteiger partial charge in [0, 0.05) is 0 Å². The van der Waals surface area contributed by atoms with Gasteiger partial charge in [-0.25, -0.2) is 13.9 Å². The molecule has 1 aromatic carbocycles. The first-order valence-electron chi connectivity index (χ1n) is 4.70. The zero-order valence-corrected chi connectivity index (χ0v) is 8.15. The monoisotopic (exact) mass is 207 g/mol. The molecule has 0 bridgehead atoms. The van der Waals surface area contributed by atoms with E-state index in [2.05, 4.69) is 4.98 Å². The molecular formula is C11H12FN2O+. The number of nitrogens with zero attached hydrogens (tertiary/aromatic N) is 1. The van der Waals surface area contributed by atoms with Gasteiger partial charge in [0.05, 0.1) is 0 Å². The number of benzene rings is 1. The molecule has 1 aromatic heterocycles. The molecule has 0 saturated heterocycles. The van der Waals surface area contributed by atoms with E-state index in [1.54, 1.807) is 18.6 Å². The Kier molecular flexibility index (Phi) is 2.78. The Labute approximate surface area is 86.8 Å². The molecule has 0 radical (unpaired) electrons. The lowest BCUT2D eigenvalue weighted by Gasteiger charge is -2.00. The Morgan fingerprint density at radius 3 is 3.00 bits per heavy atom. The average molecular weight is 207 g/mol. The lowest BCUT2D eigenvalue weighted by molar-refractivity contribution is -0.695. The molecule has 4 heteroatoms.